The smallest absolute Gasteiger partial charge is 0.426 e. The normalized spacial score (nSPS) is 18.4. The van der Waals surface area contributed by atoms with Gasteiger partial charge in [-0.15, -0.1) is 0 Å². The van der Waals surface area contributed by atoms with Crippen molar-refractivity contribution in [2.75, 3.05) is 13.6 Å². The molecule has 0 aliphatic heterocycles. The lowest BCUT2D eigenvalue weighted by atomic mass is 9.75. The van der Waals surface area contributed by atoms with E-state index in [-0.39, 0.29) is 17.7 Å². The second kappa shape index (κ2) is 13.2. The second-order valence-corrected chi connectivity index (χ2v) is 7.93. The van der Waals surface area contributed by atoms with Crippen LogP contribution in [0.15, 0.2) is 17.1 Å². The van der Waals surface area contributed by atoms with E-state index in [0.717, 1.165) is 12.8 Å². The first-order valence-corrected chi connectivity index (χ1v) is 10.3. The predicted octanol–water partition coefficient (Wildman–Crippen LogP) is -0.315. The number of hydrogen-bond donors (Lipinski definition) is 6. The largest absolute Gasteiger partial charge is 0.475 e. The first-order valence-electron chi connectivity index (χ1n) is 10.3. The van der Waals surface area contributed by atoms with Crippen molar-refractivity contribution < 1.29 is 19.6 Å². The molecule has 0 saturated heterocycles. The molecule has 164 valence electrons. The molecule has 0 aromatic carbocycles. The summed E-state index contributed by atoms with van der Waals surface area (Å²) in [6.45, 7) is 4.37. The summed E-state index contributed by atoms with van der Waals surface area (Å²) in [5.74, 6) is -0.715. The van der Waals surface area contributed by atoms with Gasteiger partial charge >= 0.3 is 7.12 Å². The third kappa shape index (κ3) is 10.3. The molecule has 7 N–H and O–H groups in total. The maximum absolute atomic E-state index is 12.8. The number of carbonyl (C=O) groups is 2. The molecule has 0 aromatic heterocycles. The van der Waals surface area contributed by atoms with Gasteiger partial charge in [0.05, 0.1) is 5.94 Å². The van der Waals surface area contributed by atoms with E-state index in [2.05, 4.69) is 27.0 Å². The summed E-state index contributed by atoms with van der Waals surface area (Å²) in [5, 5.41) is 27.5. The first-order chi connectivity index (χ1) is 13.7. The average molecular weight is 409 g/mol. The maximum Gasteiger partial charge on any atom is 0.475 e. The lowest BCUT2D eigenvalue weighted by Crippen LogP contribution is -2.54. The van der Waals surface area contributed by atoms with Gasteiger partial charge in [-0.25, -0.2) is 0 Å². The second-order valence-electron chi connectivity index (χ2n) is 7.93. The molecule has 9 nitrogen and oxygen atoms in total. The molecule has 3 atom stereocenters. The standard InChI is InChI=1S/C19H36BN5O4/c1-13(2)11-16(20(28)29)25-18(27)15(9-6-10-23-19(21)22-3)24-17(26)12-14-7-4-5-8-14/h4,7,13-16,28-29H,5-6,8-12H2,1-3H3,(H,24,26)(H,25,27)(H3,21,22,23)/t14?,15-,16-/m0/s1. The summed E-state index contributed by atoms with van der Waals surface area (Å²) in [5.41, 5.74) is 5.60. The monoisotopic (exact) mass is 409 g/mol. The fourth-order valence-corrected chi connectivity index (χ4v) is 3.27. The van der Waals surface area contributed by atoms with Gasteiger partial charge in [-0.2, -0.15) is 0 Å². The molecular weight excluding hydrogens is 373 g/mol. The Morgan fingerprint density at radius 1 is 1.31 bits per heavy atom. The summed E-state index contributed by atoms with van der Waals surface area (Å²) in [4.78, 5) is 29.0. The van der Waals surface area contributed by atoms with Crippen LogP contribution in [0.5, 0.6) is 0 Å². The molecule has 2 amide bonds. The topological polar surface area (TPSA) is 149 Å². The highest BCUT2D eigenvalue weighted by molar-refractivity contribution is 6.43. The molecule has 1 unspecified atom stereocenters. The first kappa shape index (κ1) is 25.0. The van der Waals surface area contributed by atoms with Crippen LogP contribution in [-0.4, -0.2) is 60.5 Å². The van der Waals surface area contributed by atoms with Gasteiger partial charge in [0.1, 0.15) is 6.04 Å². The van der Waals surface area contributed by atoms with Crippen LogP contribution >= 0.6 is 0 Å². The average Bonchev–Trinajstić information content (AvgIpc) is 3.15. The van der Waals surface area contributed by atoms with Crippen molar-refractivity contribution in [3.63, 3.8) is 0 Å². The predicted molar refractivity (Wildman–Crippen MR) is 115 cm³/mol. The molecule has 1 aliphatic carbocycles. The van der Waals surface area contributed by atoms with Gasteiger partial charge < -0.3 is 31.7 Å². The van der Waals surface area contributed by atoms with Crippen molar-refractivity contribution in [1.82, 2.24) is 16.0 Å². The zero-order valence-electron chi connectivity index (χ0n) is 17.7. The molecule has 0 aromatic rings. The number of nitrogens with zero attached hydrogens (tertiary/aromatic N) is 1. The molecule has 0 fully saturated rings. The maximum atomic E-state index is 12.8. The summed E-state index contributed by atoms with van der Waals surface area (Å²) >= 11 is 0. The number of guanidine groups is 1. The van der Waals surface area contributed by atoms with Crippen LogP contribution in [0.25, 0.3) is 0 Å². The van der Waals surface area contributed by atoms with E-state index < -0.39 is 25.0 Å². The minimum atomic E-state index is -1.66. The summed E-state index contributed by atoms with van der Waals surface area (Å²) in [6.07, 6.45) is 7.73. The number of amides is 2. The van der Waals surface area contributed by atoms with E-state index in [1.807, 2.05) is 19.9 Å². The SMILES string of the molecule is CN=C(N)NCCC[C@H](NC(=O)CC1C=CCC1)C(=O)N[C@@H](CC(C)C)B(O)O. The molecular formula is C19H36BN5O4. The highest BCUT2D eigenvalue weighted by atomic mass is 16.4. The Bertz CT molecular complexity index is 583. The Labute approximate surface area is 173 Å². The number of allylic oxidation sites excluding steroid dienone is 2. The molecule has 0 spiro atoms. The van der Waals surface area contributed by atoms with E-state index in [1.54, 1.807) is 7.05 Å². The number of nitrogens with one attached hydrogen (secondary N) is 3. The number of rotatable bonds is 12. The third-order valence-corrected chi connectivity index (χ3v) is 4.84. The van der Waals surface area contributed by atoms with Crippen LogP contribution in [-0.2, 0) is 9.59 Å². The van der Waals surface area contributed by atoms with Crippen molar-refractivity contribution in [2.24, 2.45) is 22.6 Å². The molecule has 0 bridgehead atoms. The van der Waals surface area contributed by atoms with Crippen LogP contribution in [0.4, 0.5) is 0 Å². The van der Waals surface area contributed by atoms with E-state index in [1.165, 1.54) is 0 Å². The van der Waals surface area contributed by atoms with Crippen molar-refractivity contribution in [2.45, 2.75) is 64.4 Å². The van der Waals surface area contributed by atoms with Crippen molar-refractivity contribution in [3.8, 4) is 0 Å². The Morgan fingerprint density at radius 3 is 2.59 bits per heavy atom. The Kier molecular flexibility index (Phi) is 11.4. The van der Waals surface area contributed by atoms with Crippen molar-refractivity contribution >= 4 is 24.9 Å². The number of aliphatic imine (C=N–C) groups is 1. The molecule has 1 aliphatic rings. The number of carbonyl (C=O) groups excluding carboxylic acids is 2. The summed E-state index contributed by atoms with van der Waals surface area (Å²) < 4.78 is 0. The minimum absolute atomic E-state index is 0.171. The van der Waals surface area contributed by atoms with Crippen LogP contribution in [0.3, 0.4) is 0 Å². The quantitative estimate of drug-likeness (QED) is 0.0856. The van der Waals surface area contributed by atoms with E-state index in [0.29, 0.717) is 38.2 Å². The Hall–Kier alpha value is -2.07. The van der Waals surface area contributed by atoms with Gasteiger partial charge in [-0.05, 0) is 43.9 Å². The van der Waals surface area contributed by atoms with Crippen LogP contribution in [0.2, 0.25) is 0 Å². The van der Waals surface area contributed by atoms with Gasteiger partial charge in [0.25, 0.3) is 0 Å². The van der Waals surface area contributed by atoms with Crippen LogP contribution in [0, 0.1) is 11.8 Å². The fraction of sp³-hybridized carbons (Fsp3) is 0.737. The lowest BCUT2D eigenvalue weighted by molar-refractivity contribution is -0.129. The zero-order valence-corrected chi connectivity index (χ0v) is 17.7. The molecule has 1 rings (SSSR count). The van der Waals surface area contributed by atoms with Gasteiger partial charge in [-0.3, -0.25) is 14.6 Å². The highest BCUT2D eigenvalue weighted by Crippen LogP contribution is 2.20. The lowest BCUT2D eigenvalue weighted by Gasteiger charge is -2.24. The fourth-order valence-electron chi connectivity index (χ4n) is 3.27. The number of nitrogens with two attached hydrogens (primary N) is 1. The molecule has 0 saturated carbocycles. The number of hydrogen-bond acceptors (Lipinski definition) is 5. The van der Waals surface area contributed by atoms with E-state index in [4.69, 9.17) is 5.73 Å². The Morgan fingerprint density at radius 2 is 2.03 bits per heavy atom. The zero-order chi connectivity index (χ0) is 21.8. The third-order valence-electron chi connectivity index (χ3n) is 4.84. The Balaban J connectivity index is 2.68. The van der Waals surface area contributed by atoms with Crippen molar-refractivity contribution in [3.05, 3.63) is 12.2 Å². The van der Waals surface area contributed by atoms with Crippen LogP contribution in [0.1, 0.15) is 52.4 Å². The highest BCUT2D eigenvalue weighted by Gasteiger charge is 2.30. The molecule has 10 heteroatoms. The molecule has 29 heavy (non-hydrogen) atoms. The van der Waals surface area contributed by atoms with Gasteiger partial charge in [0.2, 0.25) is 11.8 Å². The molecule has 0 radical (unpaired) electrons. The summed E-state index contributed by atoms with van der Waals surface area (Å²) in [6, 6.07) is -0.761. The minimum Gasteiger partial charge on any atom is -0.426 e. The van der Waals surface area contributed by atoms with Crippen LogP contribution < -0.4 is 21.7 Å². The molecule has 0 heterocycles. The van der Waals surface area contributed by atoms with Crippen molar-refractivity contribution in [1.29, 1.82) is 0 Å². The van der Waals surface area contributed by atoms with Gasteiger partial charge in [-0.1, -0.05) is 26.0 Å². The van der Waals surface area contributed by atoms with E-state index >= 15 is 0 Å². The van der Waals surface area contributed by atoms with Gasteiger partial charge in [0, 0.05) is 20.0 Å². The van der Waals surface area contributed by atoms with E-state index in [9.17, 15) is 19.6 Å². The summed E-state index contributed by atoms with van der Waals surface area (Å²) in [7, 11) is -0.0886. The van der Waals surface area contributed by atoms with Gasteiger partial charge in [0.15, 0.2) is 5.96 Å².